The first-order valence-corrected chi connectivity index (χ1v) is 11.9. The first-order valence-electron chi connectivity index (χ1n) is 11.9. The van der Waals surface area contributed by atoms with Gasteiger partial charge in [0.25, 0.3) is 0 Å². The van der Waals surface area contributed by atoms with Gasteiger partial charge in [0.05, 0.1) is 18.8 Å². The lowest BCUT2D eigenvalue weighted by Crippen LogP contribution is -2.36. The van der Waals surface area contributed by atoms with Gasteiger partial charge in [-0.2, -0.15) is 0 Å². The van der Waals surface area contributed by atoms with Crippen LogP contribution in [0.15, 0.2) is 36.4 Å². The number of carboxylic acids is 1. The van der Waals surface area contributed by atoms with Crippen molar-refractivity contribution >= 4 is 5.97 Å². The summed E-state index contributed by atoms with van der Waals surface area (Å²) < 4.78 is 12.8. The molecule has 4 heteroatoms. The van der Waals surface area contributed by atoms with Crippen molar-refractivity contribution in [3.63, 3.8) is 0 Å². The van der Waals surface area contributed by atoms with Crippen molar-refractivity contribution in [3.8, 4) is 0 Å². The first kappa shape index (κ1) is 23.0. The second-order valence-electron chi connectivity index (χ2n) is 10.6. The van der Waals surface area contributed by atoms with Crippen LogP contribution in [-0.4, -0.2) is 24.3 Å². The van der Waals surface area contributed by atoms with Crippen LogP contribution in [0.1, 0.15) is 98.5 Å². The number of ether oxygens (including phenoxy) is 2. The van der Waals surface area contributed by atoms with E-state index in [0.717, 1.165) is 36.8 Å². The summed E-state index contributed by atoms with van der Waals surface area (Å²) in [5, 5.41) is 9.34. The van der Waals surface area contributed by atoms with Crippen molar-refractivity contribution in [1.29, 1.82) is 0 Å². The molecule has 1 aliphatic heterocycles. The van der Waals surface area contributed by atoms with Crippen LogP contribution in [-0.2, 0) is 32.5 Å². The zero-order valence-corrected chi connectivity index (χ0v) is 20.1. The number of benzene rings is 2. The Kier molecular flexibility index (Phi) is 5.98. The number of rotatable bonds is 6. The molecule has 1 saturated heterocycles. The molecule has 4 rings (SSSR count). The fraction of sp³-hybridized carbons (Fsp3) is 0.536. The Morgan fingerprint density at radius 3 is 2.00 bits per heavy atom. The molecule has 1 heterocycles. The highest BCUT2D eigenvalue weighted by Crippen LogP contribution is 2.49. The van der Waals surface area contributed by atoms with Gasteiger partial charge in [0.1, 0.15) is 0 Å². The van der Waals surface area contributed by atoms with Crippen LogP contribution >= 0.6 is 0 Å². The van der Waals surface area contributed by atoms with Crippen molar-refractivity contribution < 1.29 is 19.4 Å². The number of hydrogen-bond acceptors (Lipinski definition) is 3. The van der Waals surface area contributed by atoms with Crippen LogP contribution in [0.2, 0.25) is 0 Å². The fourth-order valence-electron chi connectivity index (χ4n) is 5.26. The monoisotopic (exact) mass is 436 g/mol. The summed E-state index contributed by atoms with van der Waals surface area (Å²) in [4.78, 5) is 11.4. The van der Waals surface area contributed by atoms with E-state index in [1.807, 2.05) is 12.1 Å². The number of aryl methyl sites for hydroxylation is 1. The highest BCUT2D eigenvalue weighted by atomic mass is 16.7. The molecule has 0 atom stereocenters. The minimum absolute atomic E-state index is 0.0792. The molecule has 0 saturated carbocycles. The molecule has 1 N–H and O–H groups in total. The molecule has 1 aliphatic carbocycles. The summed E-state index contributed by atoms with van der Waals surface area (Å²) in [6.45, 7) is 12.6. The highest BCUT2D eigenvalue weighted by Gasteiger charge is 2.45. The largest absolute Gasteiger partial charge is 0.478 e. The third-order valence-corrected chi connectivity index (χ3v) is 7.44. The lowest BCUT2D eigenvalue weighted by molar-refractivity contribution is -0.130. The van der Waals surface area contributed by atoms with E-state index < -0.39 is 11.8 Å². The average Bonchev–Trinajstić information content (AvgIpc) is 3.26. The van der Waals surface area contributed by atoms with Crippen molar-refractivity contribution in [3.05, 3.63) is 69.8 Å². The highest BCUT2D eigenvalue weighted by molar-refractivity contribution is 5.87. The molecule has 0 amide bonds. The van der Waals surface area contributed by atoms with E-state index in [2.05, 4.69) is 46.8 Å². The van der Waals surface area contributed by atoms with Crippen LogP contribution in [0, 0.1) is 0 Å². The van der Waals surface area contributed by atoms with Gasteiger partial charge in [-0.05, 0) is 71.4 Å². The Labute approximate surface area is 191 Å². The molecule has 2 aliphatic rings. The molecule has 2 aromatic rings. The van der Waals surface area contributed by atoms with E-state index in [1.54, 1.807) is 12.1 Å². The lowest BCUT2D eigenvalue weighted by Gasteiger charge is -2.43. The molecular weight excluding hydrogens is 400 g/mol. The predicted molar refractivity (Wildman–Crippen MR) is 126 cm³/mol. The van der Waals surface area contributed by atoms with Gasteiger partial charge in [-0.25, -0.2) is 4.79 Å². The summed E-state index contributed by atoms with van der Waals surface area (Å²) in [5.74, 6) is -1.92. The summed E-state index contributed by atoms with van der Waals surface area (Å²) in [6, 6.07) is 11.7. The molecule has 32 heavy (non-hydrogen) atoms. The van der Waals surface area contributed by atoms with Crippen molar-refractivity contribution in [2.75, 3.05) is 13.2 Å². The van der Waals surface area contributed by atoms with Gasteiger partial charge in [-0.15, -0.1) is 0 Å². The van der Waals surface area contributed by atoms with Gasteiger partial charge in [0, 0.05) is 11.1 Å². The topological polar surface area (TPSA) is 55.8 Å². The predicted octanol–water partition coefficient (Wildman–Crippen LogP) is 6.32. The van der Waals surface area contributed by atoms with E-state index in [1.165, 1.54) is 23.1 Å². The van der Waals surface area contributed by atoms with Gasteiger partial charge < -0.3 is 14.6 Å². The average molecular weight is 437 g/mol. The first-order chi connectivity index (χ1) is 15.1. The van der Waals surface area contributed by atoms with Gasteiger partial charge in [-0.3, -0.25) is 0 Å². The Hall–Kier alpha value is -2.17. The van der Waals surface area contributed by atoms with Crippen LogP contribution in [0.3, 0.4) is 0 Å². The van der Waals surface area contributed by atoms with Gasteiger partial charge >= 0.3 is 5.97 Å². The zero-order valence-electron chi connectivity index (χ0n) is 20.1. The normalized spacial score (nSPS) is 20.7. The molecular formula is C28H36O4. The van der Waals surface area contributed by atoms with Crippen LogP contribution < -0.4 is 0 Å². The molecule has 0 spiro atoms. The molecule has 0 unspecified atom stereocenters. The zero-order chi connectivity index (χ0) is 23.1. The standard InChI is InChI=1S/C28H36O4/c1-6-7-8-20-17-23-24(27(4,5)14-13-26(23,2)3)18-22(20)28(31-15-16-32-28)21-11-9-19(10-12-21)25(29)30/h9-12,17-18H,6-8,13-16H2,1-5H3,(H,29,30). The van der Waals surface area contributed by atoms with Crippen molar-refractivity contribution in [2.45, 2.75) is 83.3 Å². The third-order valence-electron chi connectivity index (χ3n) is 7.44. The van der Waals surface area contributed by atoms with E-state index in [9.17, 15) is 9.90 Å². The molecule has 2 aromatic carbocycles. The smallest absolute Gasteiger partial charge is 0.335 e. The SMILES string of the molecule is CCCCc1cc2c(cc1C1(c3ccc(C(=O)O)cc3)OCCO1)C(C)(C)CCC2(C)C. The third kappa shape index (κ3) is 3.88. The van der Waals surface area contributed by atoms with E-state index >= 15 is 0 Å². The van der Waals surface area contributed by atoms with Crippen LogP contribution in [0.4, 0.5) is 0 Å². The number of carboxylic acid groups (broad SMARTS) is 1. The minimum Gasteiger partial charge on any atom is -0.478 e. The Morgan fingerprint density at radius 1 is 0.906 bits per heavy atom. The molecule has 1 fully saturated rings. The maximum absolute atomic E-state index is 11.4. The van der Waals surface area contributed by atoms with Gasteiger partial charge in [0.15, 0.2) is 0 Å². The number of carbonyl (C=O) groups is 1. The molecule has 172 valence electrons. The van der Waals surface area contributed by atoms with Crippen LogP contribution in [0.25, 0.3) is 0 Å². The van der Waals surface area contributed by atoms with Crippen LogP contribution in [0.5, 0.6) is 0 Å². The maximum atomic E-state index is 11.4. The summed E-state index contributed by atoms with van der Waals surface area (Å²) in [6.07, 6.45) is 5.51. The molecule has 0 bridgehead atoms. The number of aromatic carboxylic acids is 1. The second kappa shape index (κ2) is 8.31. The molecule has 4 nitrogen and oxygen atoms in total. The fourth-order valence-corrected chi connectivity index (χ4v) is 5.26. The lowest BCUT2D eigenvalue weighted by atomic mass is 9.62. The second-order valence-corrected chi connectivity index (χ2v) is 10.6. The van der Waals surface area contributed by atoms with E-state index in [4.69, 9.17) is 9.47 Å². The van der Waals surface area contributed by atoms with E-state index in [0.29, 0.717) is 13.2 Å². The number of hydrogen-bond donors (Lipinski definition) is 1. The maximum Gasteiger partial charge on any atom is 0.335 e. The quantitative estimate of drug-likeness (QED) is 0.575. The Balaban J connectivity index is 1.94. The Bertz CT molecular complexity index is 995. The van der Waals surface area contributed by atoms with E-state index in [-0.39, 0.29) is 16.4 Å². The minimum atomic E-state index is -0.993. The summed E-state index contributed by atoms with van der Waals surface area (Å²) in [7, 11) is 0. The van der Waals surface area contributed by atoms with Gasteiger partial charge in [0.2, 0.25) is 5.79 Å². The number of unbranched alkanes of at least 4 members (excludes halogenated alkanes) is 1. The summed E-state index contributed by atoms with van der Waals surface area (Å²) >= 11 is 0. The Morgan fingerprint density at radius 2 is 1.47 bits per heavy atom. The number of fused-ring (bicyclic) bond motifs is 1. The van der Waals surface area contributed by atoms with Gasteiger partial charge in [-0.1, -0.05) is 59.2 Å². The summed E-state index contributed by atoms with van der Waals surface area (Å²) in [5.41, 5.74) is 6.51. The molecule has 0 radical (unpaired) electrons. The molecule has 0 aromatic heterocycles. The van der Waals surface area contributed by atoms with Crippen molar-refractivity contribution in [2.24, 2.45) is 0 Å². The van der Waals surface area contributed by atoms with Crippen molar-refractivity contribution in [1.82, 2.24) is 0 Å².